The van der Waals surface area contributed by atoms with E-state index in [-0.39, 0.29) is 23.0 Å². The molecule has 8 atom stereocenters. The lowest BCUT2D eigenvalue weighted by Crippen LogP contribution is -2.58. The van der Waals surface area contributed by atoms with Crippen LogP contribution in [0.2, 0.25) is 0 Å². The Hall–Kier alpha value is -0.650. The zero-order valence-electron chi connectivity index (χ0n) is 18.2. The molecule has 0 spiro atoms. The summed E-state index contributed by atoms with van der Waals surface area (Å²) in [4.78, 5) is 7.65. The SMILES string of the molecule is CN(C)CCO/N=C1\CC[C@]2(C)[C@H]3CC[C@]4(C)[C@@H](O)CC[C@H]4[C@@H]3C[C@H](O)[C@@H]2C1. The standard InChI is InChI=1S/C23H40N2O3/c1-22-9-7-15(24-28-12-11-25(3)4)13-19(22)20(26)14-16-17-5-6-21(27)23(17,2)10-8-18(16)22/h16-21,26-27H,5-14H2,1-4H3/b24-15+/t16-,17-,18-,19-,20-,21-,22+,23-/m0/s1. The minimum absolute atomic E-state index is 0.0750. The summed E-state index contributed by atoms with van der Waals surface area (Å²) in [6, 6.07) is 0. The first-order chi connectivity index (χ1) is 13.3. The molecule has 0 aromatic carbocycles. The second-order valence-corrected chi connectivity index (χ2v) is 10.9. The van der Waals surface area contributed by atoms with Crippen molar-refractivity contribution >= 4 is 5.71 Å². The fourth-order valence-corrected chi connectivity index (χ4v) is 7.52. The number of aliphatic hydroxyl groups is 2. The van der Waals surface area contributed by atoms with Crippen LogP contribution < -0.4 is 0 Å². The summed E-state index contributed by atoms with van der Waals surface area (Å²) in [6.07, 6.45) is 7.94. The highest BCUT2D eigenvalue weighted by Gasteiger charge is 2.61. The average Bonchev–Trinajstić information content (AvgIpc) is 2.95. The maximum atomic E-state index is 11.2. The van der Waals surface area contributed by atoms with Gasteiger partial charge in [0.2, 0.25) is 0 Å². The summed E-state index contributed by atoms with van der Waals surface area (Å²) in [5.41, 5.74) is 1.40. The number of likely N-dealkylation sites (N-methyl/N-ethyl adjacent to an activating group) is 1. The van der Waals surface area contributed by atoms with Gasteiger partial charge in [0.1, 0.15) is 6.61 Å². The van der Waals surface area contributed by atoms with Gasteiger partial charge in [0.05, 0.1) is 17.9 Å². The summed E-state index contributed by atoms with van der Waals surface area (Å²) in [5.74, 6) is 2.13. The molecule has 0 radical (unpaired) electrons. The molecule has 5 nitrogen and oxygen atoms in total. The topological polar surface area (TPSA) is 65.3 Å². The van der Waals surface area contributed by atoms with Gasteiger partial charge in [-0.15, -0.1) is 0 Å². The zero-order valence-corrected chi connectivity index (χ0v) is 18.2. The van der Waals surface area contributed by atoms with Crippen molar-refractivity contribution in [1.82, 2.24) is 4.90 Å². The number of rotatable bonds is 4. The first-order valence-electron chi connectivity index (χ1n) is 11.4. The maximum Gasteiger partial charge on any atom is 0.129 e. The first kappa shape index (κ1) is 20.6. The molecule has 4 rings (SSSR count). The molecule has 0 aromatic rings. The van der Waals surface area contributed by atoms with Crippen molar-refractivity contribution in [2.45, 2.75) is 77.4 Å². The van der Waals surface area contributed by atoms with E-state index in [1.54, 1.807) is 0 Å². The number of hydrogen-bond acceptors (Lipinski definition) is 5. The third-order valence-corrected chi connectivity index (χ3v) is 9.29. The Labute approximate surface area is 170 Å². The molecule has 0 heterocycles. The van der Waals surface area contributed by atoms with E-state index in [0.29, 0.717) is 30.3 Å². The molecule has 4 fully saturated rings. The number of hydrogen-bond donors (Lipinski definition) is 2. The molecule has 4 aliphatic carbocycles. The van der Waals surface area contributed by atoms with Gasteiger partial charge in [-0.25, -0.2) is 0 Å². The Morgan fingerprint density at radius 2 is 1.79 bits per heavy atom. The molecule has 0 amide bonds. The maximum absolute atomic E-state index is 11.2. The largest absolute Gasteiger partial charge is 0.394 e. The number of oxime groups is 1. The van der Waals surface area contributed by atoms with Crippen LogP contribution in [-0.2, 0) is 4.84 Å². The van der Waals surface area contributed by atoms with E-state index < -0.39 is 0 Å². The van der Waals surface area contributed by atoms with Crippen LogP contribution in [-0.4, -0.2) is 60.3 Å². The summed E-state index contributed by atoms with van der Waals surface area (Å²) in [6.45, 7) is 6.24. The Morgan fingerprint density at radius 3 is 2.54 bits per heavy atom. The molecule has 0 unspecified atom stereocenters. The minimum Gasteiger partial charge on any atom is -0.394 e. The van der Waals surface area contributed by atoms with Gasteiger partial charge in [-0.1, -0.05) is 19.0 Å². The molecule has 0 aliphatic heterocycles. The quantitative estimate of drug-likeness (QED) is 0.569. The highest BCUT2D eigenvalue weighted by atomic mass is 16.6. The second-order valence-electron chi connectivity index (χ2n) is 10.9. The fourth-order valence-electron chi connectivity index (χ4n) is 7.52. The van der Waals surface area contributed by atoms with Gasteiger partial charge in [-0.3, -0.25) is 0 Å². The molecule has 2 N–H and O–H groups in total. The van der Waals surface area contributed by atoms with Crippen molar-refractivity contribution in [2.75, 3.05) is 27.2 Å². The molecule has 4 aliphatic rings. The lowest BCUT2D eigenvalue weighted by molar-refractivity contribution is -0.153. The number of fused-ring (bicyclic) bond motifs is 5. The molecule has 0 aromatic heterocycles. The van der Waals surface area contributed by atoms with Crippen molar-refractivity contribution in [2.24, 2.45) is 39.7 Å². The van der Waals surface area contributed by atoms with E-state index in [4.69, 9.17) is 4.84 Å². The van der Waals surface area contributed by atoms with E-state index in [0.717, 1.165) is 57.2 Å². The van der Waals surface area contributed by atoms with Gasteiger partial charge in [0.15, 0.2) is 0 Å². The molecule has 0 bridgehead atoms. The fraction of sp³-hybridized carbons (Fsp3) is 0.957. The summed E-state index contributed by atoms with van der Waals surface area (Å²) >= 11 is 0. The van der Waals surface area contributed by atoms with Crippen LogP contribution in [0.1, 0.15) is 65.2 Å². The van der Waals surface area contributed by atoms with E-state index in [2.05, 4.69) is 23.9 Å². The predicted octanol–water partition coefficient (Wildman–Crippen LogP) is 3.30. The van der Waals surface area contributed by atoms with Gasteiger partial charge in [-0.05, 0) is 100.0 Å². The van der Waals surface area contributed by atoms with E-state index in [1.807, 2.05) is 14.1 Å². The van der Waals surface area contributed by atoms with Crippen LogP contribution >= 0.6 is 0 Å². The highest BCUT2D eigenvalue weighted by Crippen LogP contribution is 2.65. The molecule has 160 valence electrons. The van der Waals surface area contributed by atoms with Crippen molar-refractivity contribution < 1.29 is 15.1 Å². The highest BCUT2D eigenvalue weighted by molar-refractivity contribution is 5.85. The van der Waals surface area contributed by atoms with Crippen molar-refractivity contribution in [3.05, 3.63) is 0 Å². The molecule has 5 heteroatoms. The first-order valence-corrected chi connectivity index (χ1v) is 11.4. The zero-order chi connectivity index (χ0) is 20.1. The molecule has 0 saturated heterocycles. The molecule has 28 heavy (non-hydrogen) atoms. The van der Waals surface area contributed by atoms with Gasteiger partial charge < -0.3 is 20.0 Å². The van der Waals surface area contributed by atoms with Crippen LogP contribution in [0.3, 0.4) is 0 Å². The second kappa shape index (κ2) is 7.55. The van der Waals surface area contributed by atoms with Crippen molar-refractivity contribution in [3.63, 3.8) is 0 Å². The Bertz CT molecular complexity index is 609. The molecular formula is C23H40N2O3. The normalized spacial score (nSPS) is 49.6. The number of nitrogens with zero attached hydrogens (tertiary/aromatic N) is 2. The Kier molecular flexibility index (Phi) is 5.56. The van der Waals surface area contributed by atoms with Crippen LogP contribution in [0.4, 0.5) is 0 Å². The van der Waals surface area contributed by atoms with Crippen LogP contribution in [0.15, 0.2) is 5.16 Å². The third kappa shape index (κ3) is 3.31. The average molecular weight is 393 g/mol. The lowest BCUT2D eigenvalue weighted by atomic mass is 9.44. The van der Waals surface area contributed by atoms with Crippen molar-refractivity contribution in [3.8, 4) is 0 Å². The smallest absolute Gasteiger partial charge is 0.129 e. The van der Waals surface area contributed by atoms with Gasteiger partial charge in [0, 0.05) is 6.54 Å². The Balaban J connectivity index is 1.48. The van der Waals surface area contributed by atoms with Crippen molar-refractivity contribution in [1.29, 1.82) is 0 Å². The molecule has 4 saturated carbocycles. The van der Waals surface area contributed by atoms with E-state index in [1.165, 1.54) is 6.42 Å². The van der Waals surface area contributed by atoms with Crippen LogP contribution in [0, 0.1) is 34.5 Å². The predicted molar refractivity (Wildman–Crippen MR) is 111 cm³/mol. The van der Waals surface area contributed by atoms with Gasteiger partial charge in [-0.2, -0.15) is 0 Å². The summed E-state index contributed by atoms with van der Waals surface area (Å²) < 4.78 is 0. The van der Waals surface area contributed by atoms with Crippen LogP contribution in [0.5, 0.6) is 0 Å². The van der Waals surface area contributed by atoms with Crippen LogP contribution in [0.25, 0.3) is 0 Å². The summed E-state index contributed by atoms with van der Waals surface area (Å²) in [7, 11) is 4.08. The van der Waals surface area contributed by atoms with Gasteiger partial charge >= 0.3 is 0 Å². The van der Waals surface area contributed by atoms with E-state index >= 15 is 0 Å². The summed E-state index contributed by atoms with van der Waals surface area (Å²) in [5, 5.41) is 26.2. The molecular weight excluding hydrogens is 352 g/mol. The van der Waals surface area contributed by atoms with E-state index in [9.17, 15) is 10.2 Å². The Morgan fingerprint density at radius 1 is 1.04 bits per heavy atom. The third-order valence-electron chi connectivity index (χ3n) is 9.29. The van der Waals surface area contributed by atoms with Gasteiger partial charge in [0.25, 0.3) is 0 Å². The monoisotopic (exact) mass is 392 g/mol. The lowest BCUT2D eigenvalue weighted by Gasteiger charge is -2.61. The number of aliphatic hydroxyl groups excluding tert-OH is 2. The minimum atomic E-state index is -0.251.